The molecule has 19 heavy (non-hydrogen) atoms. The van der Waals surface area contributed by atoms with Crippen LogP contribution in [0.1, 0.15) is 19.4 Å². The summed E-state index contributed by atoms with van der Waals surface area (Å²) in [6.45, 7) is 5.79. The normalized spacial score (nSPS) is 11.4. The van der Waals surface area contributed by atoms with Crippen LogP contribution >= 0.6 is 15.9 Å². The Morgan fingerprint density at radius 1 is 1.21 bits per heavy atom. The Labute approximate surface area is 118 Å². The molecule has 0 saturated carbocycles. The average molecular weight is 326 g/mol. The third kappa shape index (κ3) is 3.33. The van der Waals surface area contributed by atoms with Gasteiger partial charge in [-0.2, -0.15) is 0 Å². The van der Waals surface area contributed by atoms with Crippen LogP contribution in [0, 0.1) is 5.92 Å². The van der Waals surface area contributed by atoms with Crippen molar-refractivity contribution in [3.8, 4) is 0 Å². The highest BCUT2D eigenvalue weighted by Crippen LogP contribution is 2.20. The number of aromatic nitrogens is 2. The Kier molecular flexibility index (Phi) is 4.21. The first kappa shape index (κ1) is 14.0. The quantitative estimate of drug-likeness (QED) is 0.749. The number of hydrogen-bond donors (Lipinski definition) is 3. The Bertz CT molecular complexity index is 703. The molecule has 5 nitrogen and oxygen atoms in total. The molecule has 1 heterocycles. The molecule has 1 aromatic heterocycles. The maximum Gasteiger partial charge on any atom is 0.314 e. The average Bonchev–Trinajstić information content (AvgIpc) is 2.31. The van der Waals surface area contributed by atoms with Crippen molar-refractivity contribution < 1.29 is 0 Å². The molecule has 0 aliphatic carbocycles. The van der Waals surface area contributed by atoms with E-state index in [9.17, 15) is 9.59 Å². The standard InChI is InChI=1S/C13H16BrN3O2/c1-7(2)5-15-6-8-3-9(14)4-10-11(8)17-13(19)12(18)16-10/h3-4,7,15H,5-6H2,1-2H3,(H,16,18)(H,17,19). The monoisotopic (exact) mass is 325 g/mol. The lowest BCUT2D eigenvalue weighted by Gasteiger charge is -2.10. The third-order valence-corrected chi connectivity index (χ3v) is 3.20. The van der Waals surface area contributed by atoms with Crippen LogP contribution in [0.5, 0.6) is 0 Å². The van der Waals surface area contributed by atoms with E-state index in [0.29, 0.717) is 23.5 Å². The van der Waals surface area contributed by atoms with Crippen molar-refractivity contribution in [2.45, 2.75) is 20.4 Å². The Morgan fingerprint density at radius 3 is 2.58 bits per heavy atom. The molecule has 2 aromatic rings. The molecule has 0 aliphatic heterocycles. The van der Waals surface area contributed by atoms with Crippen LogP contribution in [-0.4, -0.2) is 16.5 Å². The molecule has 0 atom stereocenters. The van der Waals surface area contributed by atoms with Gasteiger partial charge in [-0.05, 0) is 30.2 Å². The van der Waals surface area contributed by atoms with E-state index >= 15 is 0 Å². The van der Waals surface area contributed by atoms with Crippen molar-refractivity contribution in [3.05, 3.63) is 42.9 Å². The van der Waals surface area contributed by atoms with E-state index in [2.05, 4.69) is 45.1 Å². The zero-order valence-corrected chi connectivity index (χ0v) is 12.4. The molecular formula is C13H16BrN3O2. The van der Waals surface area contributed by atoms with Gasteiger partial charge >= 0.3 is 11.1 Å². The predicted molar refractivity (Wildman–Crippen MR) is 79.4 cm³/mol. The summed E-state index contributed by atoms with van der Waals surface area (Å²) in [6.07, 6.45) is 0. The Hall–Kier alpha value is -1.40. The topological polar surface area (TPSA) is 77.8 Å². The SMILES string of the molecule is CC(C)CNCc1cc(Br)cc2[nH]c(=O)c(=O)[nH]c12. The molecule has 0 spiro atoms. The summed E-state index contributed by atoms with van der Waals surface area (Å²) in [4.78, 5) is 28.0. The minimum Gasteiger partial charge on any atom is -0.316 e. The molecule has 0 bridgehead atoms. The van der Waals surface area contributed by atoms with Crippen LogP contribution in [0.25, 0.3) is 11.0 Å². The first-order chi connectivity index (χ1) is 8.97. The van der Waals surface area contributed by atoms with Crippen molar-refractivity contribution in [1.82, 2.24) is 15.3 Å². The molecule has 0 unspecified atom stereocenters. The van der Waals surface area contributed by atoms with Gasteiger partial charge in [0, 0.05) is 11.0 Å². The number of halogens is 1. The van der Waals surface area contributed by atoms with Gasteiger partial charge in [-0.1, -0.05) is 29.8 Å². The minimum absolute atomic E-state index is 0.553. The number of fused-ring (bicyclic) bond motifs is 1. The Balaban J connectivity index is 2.44. The van der Waals surface area contributed by atoms with Crippen molar-refractivity contribution in [2.75, 3.05) is 6.54 Å². The molecule has 0 radical (unpaired) electrons. The summed E-state index contributed by atoms with van der Waals surface area (Å²) in [7, 11) is 0. The smallest absolute Gasteiger partial charge is 0.314 e. The first-order valence-corrected chi connectivity index (χ1v) is 6.92. The van der Waals surface area contributed by atoms with E-state index in [0.717, 1.165) is 16.6 Å². The minimum atomic E-state index is -0.633. The van der Waals surface area contributed by atoms with Crippen molar-refractivity contribution in [2.24, 2.45) is 5.92 Å². The third-order valence-electron chi connectivity index (χ3n) is 2.75. The molecule has 6 heteroatoms. The van der Waals surface area contributed by atoms with E-state index in [1.54, 1.807) is 6.07 Å². The number of rotatable bonds is 4. The van der Waals surface area contributed by atoms with Crippen LogP contribution in [0.2, 0.25) is 0 Å². The fourth-order valence-electron chi connectivity index (χ4n) is 1.89. The van der Waals surface area contributed by atoms with E-state index in [-0.39, 0.29) is 0 Å². The first-order valence-electron chi connectivity index (χ1n) is 6.13. The highest BCUT2D eigenvalue weighted by Gasteiger charge is 2.07. The Morgan fingerprint density at radius 2 is 1.89 bits per heavy atom. The molecule has 2 rings (SSSR count). The van der Waals surface area contributed by atoms with Crippen molar-refractivity contribution in [1.29, 1.82) is 0 Å². The van der Waals surface area contributed by atoms with Crippen LogP contribution < -0.4 is 16.4 Å². The molecule has 1 aromatic carbocycles. The van der Waals surface area contributed by atoms with Crippen LogP contribution in [-0.2, 0) is 6.54 Å². The van der Waals surface area contributed by atoms with Gasteiger partial charge in [-0.15, -0.1) is 0 Å². The summed E-state index contributed by atoms with van der Waals surface area (Å²) in [6, 6.07) is 3.71. The number of aromatic amines is 2. The van der Waals surface area contributed by atoms with Gasteiger partial charge < -0.3 is 15.3 Å². The van der Waals surface area contributed by atoms with Crippen molar-refractivity contribution >= 4 is 27.0 Å². The van der Waals surface area contributed by atoms with Crippen LogP contribution in [0.3, 0.4) is 0 Å². The highest BCUT2D eigenvalue weighted by molar-refractivity contribution is 9.10. The van der Waals surface area contributed by atoms with Gasteiger partial charge in [-0.3, -0.25) is 9.59 Å². The lowest BCUT2D eigenvalue weighted by molar-refractivity contribution is 0.553. The molecule has 0 aliphatic rings. The number of hydrogen-bond acceptors (Lipinski definition) is 3. The summed E-state index contributed by atoms with van der Waals surface area (Å²) in [5.41, 5.74) is 0.981. The predicted octanol–water partition coefficient (Wildman–Crippen LogP) is 1.72. The highest BCUT2D eigenvalue weighted by atomic mass is 79.9. The van der Waals surface area contributed by atoms with Gasteiger partial charge in [0.2, 0.25) is 0 Å². The van der Waals surface area contributed by atoms with E-state index < -0.39 is 11.1 Å². The molecular weight excluding hydrogens is 310 g/mol. The van der Waals surface area contributed by atoms with Gasteiger partial charge in [0.1, 0.15) is 0 Å². The molecule has 3 N–H and O–H groups in total. The fourth-order valence-corrected chi connectivity index (χ4v) is 2.40. The van der Waals surface area contributed by atoms with Gasteiger partial charge in [0.05, 0.1) is 11.0 Å². The maximum atomic E-state index is 11.4. The summed E-state index contributed by atoms with van der Waals surface area (Å²) >= 11 is 3.41. The van der Waals surface area contributed by atoms with Gasteiger partial charge in [-0.25, -0.2) is 0 Å². The van der Waals surface area contributed by atoms with Gasteiger partial charge in [0.25, 0.3) is 0 Å². The number of nitrogens with one attached hydrogen (secondary N) is 3. The fraction of sp³-hybridized carbons (Fsp3) is 0.385. The summed E-state index contributed by atoms with van der Waals surface area (Å²) < 4.78 is 0.865. The number of H-pyrrole nitrogens is 2. The summed E-state index contributed by atoms with van der Waals surface area (Å²) in [5.74, 6) is 0.553. The second-order valence-electron chi connectivity index (χ2n) is 4.92. The lowest BCUT2D eigenvalue weighted by atomic mass is 10.1. The van der Waals surface area contributed by atoms with E-state index in [1.165, 1.54) is 0 Å². The zero-order valence-electron chi connectivity index (χ0n) is 10.8. The molecule has 102 valence electrons. The lowest BCUT2D eigenvalue weighted by Crippen LogP contribution is -2.29. The molecule has 0 amide bonds. The van der Waals surface area contributed by atoms with Crippen LogP contribution in [0.4, 0.5) is 0 Å². The zero-order chi connectivity index (χ0) is 14.0. The molecule has 0 fully saturated rings. The second kappa shape index (κ2) is 5.71. The maximum absolute atomic E-state index is 11.4. The van der Waals surface area contributed by atoms with Crippen molar-refractivity contribution in [3.63, 3.8) is 0 Å². The van der Waals surface area contributed by atoms with Crippen LogP contribution in [0.15, 0.2) is 26.2 Å². The summed E-state index contributed by atoms with van der Waals surface area (Å²) in [5, 5.41) is 3.32. The molecule has 0 saturated heterocycles. The second-order valence-corrected chi connectivity index (χ2v) is 5.84. The largest absolute Gasteiger partial charge is 0.316 e. The van der Waals surface area contributed by atoms with Gasteiger partial charge in [0.15, 0.2) is 0 Å². The van der Waals surface area contributed by atoms with E-state index in [4.69, 9.17) is 0 Å². The van der Waals surface area contributed by atoms with E-state index in [1.807, 2.05) is 6.07 Å². The number of benzene rings is 1.